The fourth-order valence-corrected chi connectivity index (χ4v) is 2.31. The molecule has 5 nitrogen and oxygen atoms in total. The number of rotatable bonds is 6. The van der Waals surface area contributed by atoms with Crippen LogP contribution in [0.25, 0.3) is 0 Å². The van der Waals surface area contributed by atoms with Crippen LogP contribution in [0.1, 0.15) is 50.4 Å². The second-order valence-corrected chi connectivity index (χ2v) is 5.95. The van der Waals surface area contributed by atoms with Crippen LogP contribution in [0.3, 0.4) is 0 Å². The van der Waals surface area contributed by atoms with Gasteiger partial charge in [0.25, 0.3) is 5.91 Å². The Labute approximate surface area is 147 Å². The summed E-state index contributed by atoms with van der Waals surface area (Å²) in [7, 11) is 0. The van der Waals surface area contributed by atoms with E-state index < -0.39 is 5.97 Å². The second kappa shape index (κ2) is 8.24. The molecule has 1 atom stereocenters. The van der Waals surface area contributed by atoms with Crippen molar-refractivity contribution in [2.24, 2.45) is 0 Å². The van der Waals surface area contributed by atoms with E-state index in [-0.39, 0.29) is 18.6 Å². The van der Waals surface area contributed by atoms with Gasteiger partial charge in [-0.15, -0.1) is 0 Å². The van der Waals surface area contributed by atoms with Crippen molar-refractivity contribution in [2.75, 3.05) is 6.61 Å². The van der Waals surface area contributed by atoms with Crippen molar-refractivity contribution in [3.8, 4) is 0 Å². The maximum Gasteiger partial charge on any atom is 0.338 e. The Balaban J connectivity index is 1.87. The highest BCUT2D eigenvalue weighted by Gasteiger charge is 2.13. The number of hydrogen-bond donors (Lipinski definition) is 1. The molecular formula is C20H21NO4. The summed E-state index contributed by atoms with van der Waals surface area (Å²) in [5, 5.41) is 2.81. The number of ether oxygens (including phenoxy) is 1. The fraction of sp³-hybridized carbons (Fsp3) is 0.250. The Morgan fingerprint density at radius 1 is 1.08 bits per heavy atom. The summed E-state index contributed by atoms with van der Waals surface area (Å²) in [6, 6.07) is 11.8. The van der Waals surface area contributed by atoms with Gasteiger partial charge >= 0.3 is 5.97 Å². The number of nitrogens with one attached hydrogen (secondary N) is 1. The van der Waals surface area contributed by atoms with Gasteiger partial charge in [-0.1, -0.05) is 30.3 Å². The minimum absolute atomic E-state index is 0.183. The average molecular weight is 339 g/mol. The predicted octanol–water partition coefficient (Wildman–Crippen LogP) is 3.15. The molecule has 0 aliphatic carbocycles. The van der Waals surface area contributed by atoms with Gasteiger partial charge in [-0.05, 0) is 49.6 Å². The SMILES string of the molecule is Cc1ccc([C@H](C)NC(=O)COC(=O)c2ccc(C=O)cc2)cc1C. The summed E-state index contributed by atoms with van der Waals surface area (Å²) < 4.78 is 5.00. The molecule has 0 heterocycles. The first-order valence-corrected chi connectivity index (χ1v) is 7.99. The molecule has 2 rings (SSSR count). The first-order chi connectivity index (χ1) is 11.9. The van der Waals surface area contributed by atoms with Crippen LogP contribution >= 0.6 is 0 Å². The Morgan fingerprint density at radius 2 is 1.76 bits per heavy atom. The van der Waals surface area contributed by atoms with Gasteiger partial charge in [0.15, 0.2) is 6.61 Å². The van der Waals surface area contributed by atoms with Crippen molar-refractivity contribution >= 4 is 18.2 Å². The molecule has 0 saturated heterocycles. The smallest absolute Gasteiger partial charge is 0.338 e. The van der Waals surface area contributed by atoms with Crippen molar-refractivity contribution in [1.82, 2.24) is 5.32 Å². The highest BCUT2D eigenvalue weighted by atomic mass is 16.5. The first-order valence-electron chi connectivity index (χ1n) is 7.99. The van der Waals surface area contributed by atoms with Crippen molar-refractivity contribution in [3.05, 3.63) is 70.3 Å². The van der Waals surface area contributed by atoms with Crippen LogP contribution in [0.15, 0.2) is 42.5 Å². The van der Waals surface area contributed by atoms with E-state index >= 15 is 0 Å². The van der Waals surface area contributed by atoms with E-state index in [1.165, 1.54) is 29.8 Å². The highest BCUT2D eigenvalue weighted by molar-refractivity contribution is 5.92. The predicted molar refractivity (Wildman–Crippen MR) is 94.6 cm³/mol. The average Bonchev–Trinajstić information content (AvgIpc) is 2.62. The zero-order valence-electron chi connectivity index (χ0n) is 14.5. The van der Waals surface area contributed by atoms with Gasteiger partial charge in [-0.2, -0.15) is 0 Å². The van der Waals surface area contributed by atoms with E-state index in [9.17, 15) is 14.4 Å². The minimum Gasteiger partial charge on any atom is -0.452 e. The molecule has 0 radical (unpaired) electrons. The lowest BCUT2D eigenvalue weighted by Crippen LogP contribution is -2.31. The number of amides is 1. The molecule has 25 heavy (non-hydrogen) atoms. The van der Waals surface area contributed by atoms with Gasteiger partial charge < -0.3 is 10.1 Å². The van der Waals surface area contributed by atoms with Crippen LogP contribution < -0.4 is 5.32 Å². The summed E-state index contributed by atoms with van der Waals surface area (Å²) in [6.07, 6.45) is 0.691. The van der Waals surface area contributed by atoms with Gasteiger partial charge in [-0.3, -0.25) is 9.59 Å². The van der Waals surface area contributed by atoms with Crippen molar-refractivity contribution in [2.45, 2.75) is 26.8 Å². The molecule has 2 aromatic carbocycles. The van der Waals surface area contributed by atoms with Crippen LogP contribution in [0.4, 0.5) is 0 Å². The molecule has 0 fully saturated rings. The number of hydrogen-bond acceptors (Lipinski definition) is 4. The number of aryl methyl sites for hydroxylation is 2. The third-order valence-electron chi connectivity index (χ3n) is 4.03. The van der Waals surface area contributed by atoms with Gasteiger partial charge in [0.05, 0.1) is 11.6 Å². The largest absolute Gasteiger partial charge is 0.452 e. The molecule has 1 N–H and O–H groups in total. The number of esters is 1. The Morgan fingerprint density at radius 3 is 2.36 bits per heavy atom. The van der Waals surface area contributed by atoms with Crippen LogP contribution in [0.5, 0.6) is 0 Å². The lowest BCUT2D eigenvalue weighted by molar-refractivity contribution is -0.124. The summed E-state index contributed by atoms with van der Waals surface area (Å²) in [5.41, 5.74) is 4.10. The van der Waals surface area contributed by atoms with E-state index in [1.54, 1.807) is 0 Å². The molecule has 0 saturated carbocycles. The van der Waals surface area contributed by atoms with E-state index in [1.807, 2.05) is 39.0 Å². The lowest BCUT2D eigenvalue weighted by atomic mass is 10.0. The zero-order chi connectivity index (χ0) is 18.4. The summed E-state index contributed by atoms with van der Waals surface area (Å²) in [5.74, 6) is -0.977. The van der Waals surface area contributed by atoms with Gasteiger partial charge in [0.2, 0.25) is 0 Å². The maximum absolute atomic E-state index is 12.0. The molecule has 130 valence electrons. The third-order valence-corrected chi connectivity index (χ3v) is 4.03. The van der Waals surface area contributed by atoms with E-state index in [0.29, 0.717) is 17.4 Å². The third kappa shape index (κ3) is 5.01. The van der Waals surface area contributed by atoms with Gasteiger partial charge in [0, 0.05) is 5.56 Å². The normalized spacial score (nSPS) is 11.5. The van der Waals surface area contributed by atoms with Crippen molar-refractivity contribution in [1.29, 1.82) is 0 Å². The Kier molecular flexibility index (Phi) is 6.06. The molecule has 2 aromatic rings. The Hall–Kier alpha value is -2.95. The van der Waals surface area contributed by atoms with Crippen molar-refractivity contribution < 1.29 is 19.1 Å². The lowest BCUT2D eigenvalue weighted by Gasteiger charge is -2.15. The number of aldehydes is 1. The first kappa shape index (κ1) is 18.4. The van der Waals surface area contributed by atoms with E-state index in [4.69, 9.17) is 4.74 Å². The van der Waals surface area contributed by atoms with E-state index in [0.717, 1.165) is 11.1 Å². The molecule has 1 amide bonds. The Bertz CT molecular complexity index is 781. The summed E-state index contributed by atoms with van der Waals surface area (Å²) in [6.45, 7) is 5.57. The molecule has 0 unspecified atom stereocenters. The fourth-order valence-electron chi connectivity index (χ4n) is 2.31. The van der Waals surface area contributed by atoms with Crippen LogP contribution in [0.2, 0.25) is 0 Å². The van der Waals surface area contributed by atoms with Crippen LogP contribution in [-0.2, 0) is 9.53 Å². The topological polar surface area (TPSA) is 72.5 Å². The van der Waals surface area contributed by atoms with Crippen LogP contribution in [0, 0.1) is 13.8 Å². The van der Waals surface area contributed by atoms with Crippen molar-refractivity contribution in [3.63, 3.8) is 0 Å². The molecular weight excluding hydrogens is 318 g/mol. The second-order valence-electron chi connectivity index (χ2n) is 5.95. The molecule has 0 aromatic heterocycles. The maximum atomic E-state index is 12.0. The van der Waals surface area contributed by atoms with E-state index in [2.05, 4.69) is 5.32 Å². The molecule has 0 bridgehead atoms. The summed E-state index contributed by atoms with van der Waals surface area (Å²) >= 11 is 0. The zero-order valence-corrected chi connectivity index (χ0v) is 14.5. The number of benzene rings is 2. The standard InChI is InChI=1S/C20H21NO4/c1-13-4-7-18(10-14(13)2)15(3)21-19(23)12-25-20(24)17-8-5-16(11-22)6-9-17/h4-11,15H,12H2,1-3H3,(H,21,23)/t15-/m0/s1. The van der Waals surface area contributed by atoms with Gasteiger partial charge in [0.1, 0.15) is 6.29 Å². The van der Waals surface area contributed by atoms with Crippen LogP contribution in [-0.4, -0.2) is 24.8 Å². The highest BCUT2D eigenvalue weighted by Crippen LogP contribution is 2.16. The van der Waals surface area contributed by atoms with Gasteiger partial charge in [-0.25, -0.2) is 4.79 Å². The molecule has 0 aliphatic heterocycles. The molecule has 0 spiro atoms. The molecule has 0 aliphatic rings. The quantitative estimate of drug-likeness (QED) is 0.648. The minimum atomic E-state index is -0.605. The summed E-state index contributed by atoms with van der Waals surface area (Å²) in [4.78, 5) is 34.5. The monoisotopic (exact) mass is 339 g/mol. The number of carbonyl (C=O) groups excluding carboxylic acids is 3. The molecule has 5 heteroatoms. The number of carbonyl (C=O) groups is 3.